The first-order valence-electron chi connectivity index (χ1n) is 4.95. The molecule has 18 heavy (non-hydrogen) atoms. The summed E-state index contributed by atoms with van der Waals surface area (Å²) < 4.78 is 18.8. The minimum Gasteiger partial charge on any atom is -0.488 e. The van der Waals surface area contributed by atoms with E-state index in [2.05, 4.69) is 0 Å². The molecule has 94 valence electrons. The van der Waals surface area contributed by atoms with Crippen molar-refractivity contribution in [2.75, 3.05) is 0 Å². The van der Waals surface area contributed by atoms with Gasteiger partial charge in [0, 0.05) is 17.0 Å². The zero-order valence-electron chi connectivity index (χ0n) is 9.02. The number of carboxylic acids is 1. The van der Waals surface area contributed by atoms with Gasteiger partial charge in [0.1, 0.15) is 23.1 Å². The second kappa shape index (κ2) is 5.37. The Morgan fingerprint density at radius 3 is 2.94 bits per heavy atom. The minimum atomic E-state index is -1.01. The summed E-state index contributed by atoms with van der Waals surface area (Å²) >= 11 is 6.69. The fourth-order valence-corrected chi connectivity index (χ4v) is 2.19. The molecule has 1 aromatic heterocycles. The Morgan fingerprint density at radius 2 is 2.28 bits per heavy atom. The lowest BCUT2D eigenvalue weighted by Crippen LogP contribution is -1.98. The molecule has 0 amide bonds. The zero-order chi connectivity index (χ0) is 13.1. The lowest BCUT2D eigenvalue weighted by molar-refractivity contribution is 0.0702. The van der Waals surface area contributed by atoms with Gasteiger partial charge >= 0.3 is 5.97 Å². The van der Waals surface area contributed by atoms with Crippen LogP contribution in [0.3, 0.4) is 0 Å². The van der Waals surface area contributed by atoms with Crippen molar-refractivity contribution in [3.05, 3.63) is 50.9 Å². The zero-order valence-corrected chi connectivity index (χ0v) is 10.6. The Labute approximate surface area is 111 Å². The van der Waals surface area contributed by atoms with E-state index in [9.17, 15) is 9.18 Å². The second-order valence-corrected chi connectivity index (χ2v) is 4.77. The SMILES string of the molecule is O=C(O)c1cc(OCc2cccc(Cl)c2F)cs1. The van der Waals surface area contributed by atoms with Crippen molar-refractivity contribution in [3.63, 3.8) is 0 Å². The molecule has 0 spiro atoms. The highest BCUT2D eigenvalue weighted by molar-refractivity contribution is 7.12. The van der Waals surface area contributed by atoms with Gasteiger partial charge in [-0.15, -0.1) is 11.3 Å². The fraction of sp³-hybridized carbons (Fsp3) is 0.0833. The first-order valence-corrected chi connectivity index (χ1v) is 6.21. The van der Waals surface area contributed by atoms with Crippen LogP contribution in [0.25, 0.3) is 0 Å². The van der Waals surface area contributed by atoms with Gasteiger partial charge in [-0.2, -0.15) is 0 Å². The van der Waals surface area contributed by atoms with Crippen molar-refractivity contribution in [2.45, 2.75) is 6.61 Å². The standard InChI is InChI=1S/C12H8ClFO3S/c13-9-3-1-2-7(11(9)14)5-17-8-4-10(12(15)16)18-6-8/h1-4,6H,5H2,(H,15,16). The number of carbonyl (C=O) groups is 1. The van der Waals surface area contributed by atoms with Crippen molar-refractivity contribution < 1.29 is 19.0 Å². The van der Waals surface area contributed by atoms with Gasteiger partial charge in [-0.25, -0.2) is 9.18 Å². The van der Waals surface area contributed by atoms with E-state index in [4.69, 9.17) is 21.4 Å². The normalized spacial score (nSPS) is 10.3. The molecule has 0 unspecified atom stereocenters. The lowest BCUT2D eigenvalue weighted by atomic mass is 10.2. The molecular formula is C12H8ClFO3S. The fourth-order valence-electron chi connectivity index (χ4n) is 1.33. The summed E-state index contributed by atoms with van der Waals surface area (Å²) in [5.41, 5.74) is 0.325. The van der Waals surface area contributed by atoms with Crippen molar-refractivity contribution in [1.82, 2.24) is 0 Å². The molecule has 0 radical (unpaired) electrons. The average molecular weight is 287 g/mol. The van der Waals surface area contributed by atoms with Crippen LogP contribution in [0.4, 0.5) is 4.39 Å². The maximum atomic E-state index is 13.5. The molecule has 0 saturated carbocycles. The Morgan fingerprint density at radius 1 is 1.50 bits per heavy atom. The molecule has 0 aliphatic rings. The molecule has 2 rings (SSSR count). The predicted octanol–water partition coefficient (Wildman–Crippen LogP) is 3.82. The average Bonchev–Trinajstić information content (AvgIpc) is 2.80. The van der Waals surface area contributed by atoms with Gasteiger partial charge in [-0.3, -0.25) is 0 Å². The number of hydrogen-bond donors (Lipinski definition) is 1. The van der Waals surface area contributed by atoms with Gasteiger partial charge in [-0.05, 0) is 6.07 Å². The molecule has 3 nitrogen and oxygen atoms in total. The number of benzene rings is 1. The maximum absolute atomic E-state index is 13.5. The van der Waals surface area contributed by atoms with Crippen LogP contribution in [0, 0.1) is 5.82 Å². The van der Waals surface area contributed by atoms with Gasteiger partial charge in [0.15, 0.2) is 0 Å². The van der Waals surface area contributed by atoms with Crippen molar-refractivity contribution in [2.24, 2.45) is 0 Å². The van der Waals surface area contributed by atoms with Crippen molar-refractivity contribution in [3.8, 4) is 5.75 Å². The monoisotopic (exact) mass is 286 g/mol. The molecule has 6 heteroatoms. The highest BCUT2D eigenvalue weighted by atomic mass is 35.5. The van der Waals surface area contributed by atoms with E-state index >= 15 is 0 Å². The quantitative estimate of drug-likeness (QED) is 0.929. The van der Waals surface area contributed by atoms with E-state index in [1.165, 1.54) is 12.1 Å². The Bertz CT molecular complexity index is 582. The Balaban J connectivity index is 2.07. The number of aromatic carboxylic acids is 1. The molecule has 0 bridgehead atoms. The summed E-state index contributed by atoms with van der Waals surface area (Å²) in [4.78, 5) is 10.8. The van der Waals surface area contributed by atoms with E-state index in [1.807, 2.05) is 0 Å². The molecular weight excluding hydrogens is 279 g/mol. The highest BCUT2D eigenvalue weighted by Gasteiger charge is 2.10. The number of halogens is 2. The molecule has 0 fully saturated rings. The topological polar surface area (TPSA) is 46.5 Å². The van der Waals surface area contributed by atoms with Gasteiger partial charge in [0.05, 0.1) is 5.02 Å². The molecule has 0 atom stereocenters. The summed E-state index contributed by atoms with van der Waals surface area (Å²) in [5.74, 6) is -1.13. The molecule has 1 N–H and O–H groups in total. The molecule has 0 aliphatic heterocycles. The summed E-state index contributed by atoms with van der Waals surface area (Å²) in [5, 5.41) is 10.3. The number of ether oxygens (including phenoxy) is 1. The number of carboxylic acid groups (broad SMARTS) is 1. The molecule has 1 heterocycles. The third kappa shape index (κ3) is 2.80. The molecule has 2 aromatic rings. The van der Waals surface area contributed by atoms with E-state index in [1.54, 1.807) is 17.5 Å². The van der Waals surface area contributed by atoms with E-state index in [0.717, 1.165) is 11.3 Å². The minimum absolute atomic E-state index is 0.00217. The van der Waals surface area contributed by atoms with Gasteiger partial charge in [0.2, 0.25) is 0 Å². The molecule has 0 aliphatic carbocycles. The van der Waals surface area contributed by atoms with Crippen LogP contribution < -0.4 is 4.74 Å². The van der Waals surface area contributed by atoms with Crippen molar-refractivity contribution >= 4 is 28.9 Å². The first-order chi connectivity index (χ1) is 8.58. The van der Waals surface area contributed by atoms with Crippen LogP contribution in [-0.4, -0.2) is 11.1 Å². The third-order valence-corrected chi connectivity index (χ3v) is 3.40. The maximum Gasteiger partial charge on any atom is 0.346 e. The summed E-state index contributed by atoms with van der Waals surface area (Å²) in [7, 11) is 0. The summed E-state index contributed by atoms with van der Waals surface area (Å²) in [6.45, 7) is 0.00217. The molecule has 0 saturated heterocycles. The van der Waals surface area contributed by atoms with Gasteiger partial charge in [0.25, 0.3) is 0 Å². The van der Waals surface area contributed by atoms with Gasteiger partial charge in [-0.1, -0.05) is 23.7 Å². The van der Waals surface area contributed by atoms with Crippen molar-refractivity contribution in [1.29, 1.82) is 0 Å². The van der Waals surface area contributed by atoms with Crippen LogP contribution in [0.2, 0.25) is 5.02 Å². The number of thiophene rings is 1. The smallest absolute Gasteiger partial charge is 0.346 e. The van der Waals surface area contributed by atoms with Crippen LogP contribution >= 0.6 is 22.9 Å². The van der Waals surface area contributed by atoms with Crippen LogP contribution in [0.1, 0.15) is 15.2 Å². The van der Waals surface area contributed by atoms with E-state index in [-0.39, 0.29) is 16.5 Å². The summed E-state index contributed by atoms with van der Waals surface area (Å²) in [6, 6.07) is 6.04. The third-order valence-electron chi connectivity index (χ3n) is 2.21. The Hall–Kier alpha value is -1.59. The largest absolute Gasteiger partial charge is 0.488 e. The first kappa shape index (κ1) is 12.9. The Kier molecular flexibility index (Phi) is 3.84. The summed E-state index contributed by atoms with van der Waals surface area (Å²) in [6.07, 6.45) is 0. The molecule has 1 aromatic carbocycles. The predicted molar refractivity (Wildman–Crippen MR) is 67.0 cm³/mol. The van der Waals surface area contributed by atoms with Crippen LogP contribution in [0.15, 0.2) is 29.6 Å². The second-order valence-electron chi connectivity index (χ2n) is 3.45. The van der Waals surface area contributed by atoms with Gasteiger partial charge < -0.3 is 9.84 Å². The highest BCUT2D eigenvalue weighted by Crippen LogP contribution is 2.24. The van der Waals surface area contributed by atoms with E-state index in [0.29, 0.717) is 11.3 Å². The van der Waals surface area contributed by atoms with Crippen LogP contribution in [-0.2, 0) is 6.61 Å². The van der Waals surface area contributed by atoms with Crippen LogP contribution in [0.5, 0.6) is 5.75 Å². The lowest BCUT2D eigenvalue weighted by Gasteiger charge is -2.05. The number of hydrogen-bond acceptors (Lipinski definition) is 3. The van der Waals surface area contributed by atoms with E-state index < -0.39 is 11.8 Å². The number of rotatable bonds is 4.